The highest BCUT2D eigenvalue weighted by Gasteiger charge is 2.15. The second-order valence-corrected chi connectivity index (χ2v) is 5.08. The topological polar surface area (TPSA) is 64.3 Å². The Kier molecular flexibility index (Phi) is 3.85. The lowest BCUT2D eigenvalue weighted by Crippen LogP contribution is -1.96. The van der Waals surface area contributed by atoms with Gasteiger partial charge in [0.1, 0.15) is 5.75 Å². The summed E-state index contributed by atoms with van der Waals surface area (Å²) in [5.74, 6) is 0.425. The van der Waals surface area contributed by atoms with E-state index in [2.05, 4.69) is 5.10 Å². The molecule has 0 unspecified atom stereocenters. The van der Waals surface area contributed by atoms with Crippen LogP contribution in [0.5, 0.6) is 11.5 Å². The van der Waals surface area contributed by atoms with Crippen LogP contribution in [0.4, 0.5) is 0 Å². The summed E-state index contributed by atoms with van der Waals surface area (Å²) < 4.78 is 7.09. The number of aromatic nitrogens is 2. The molecule has 0 saturated heterocycles. The molecule has 0 spiro atoms. The molecule has 0 saturated carbocycles. The van der Waals surface area contributed by atoms with E-state index < -0.39 is 5.43 Å². The average molecular weight is 308 g/mol. The molecule has 3 aromatic rings. The quantitative estimate of drug-likeness (QED) is 0.808. The summed E-state index contributed by atoms with van der Waals surface area (Å²) in [7, 11) is 3.42. The van der Waals surface area contributed by atoms with E-state index in [0.717, 1.165) is 17.0 Å². The second-order valence-electron chi connectivity index (χ2n) is 5.08. The SMILES string of the molecule is COc1ccccc1-c1cc(-c2ccccc(=O)c2O)nn1C. The number of benzene rings is 1. The molecule has 0 aliphatic rings. The highest BCUT2D eigenvalue weighted by molar-refractivity contribution is 5.74. The Bertz CT molecular complexity index is 916. The van der Waals surface area contributed by atoms with E-state index in [1.165, 1.54) is 6.07 Å². The molecule has 23 heavy (non-hydrogen) atoms. The number of aryl methyl sites for hydroxylation is 1. The Morgan fingerprint density at radius 2 is 1.70 bits per heavy atom. The summed E-state index contributed by atoms with van der Waals surface area (Å²) in [6, 6.07) is 15.7. The van der Waals surface area contributed by atoms with Crippen LogP contribution in [0.25, 0.3) is 22.5 Å². The van der Waals surface area contributed by atoms with E-state index in [4.69, 9.17) is 4.74 Å². The molecular formula is C18H16N2O3. The predicted molar refractivity (Wildman–Crippen MR) is 88.6 cm³/mol. The Morgan fingerprint density at radius 3 is 2.43 bits per heavy atom. The molecule has 116 valence electrons. The standard InChI is InChI=1S/C18H16N2O3/c1-20-15(13-8-4-6-10-17(13)23-2)11-14(19-20)12-7-3-5-9-16(21)18(12)22/h3-11H,1-2H3,(H,21,22). The number of ether oxygens (including phenoxy) is 1. The maximum atomic E-state index is 11.8. The van der Waals surface area contributed by atoms with Gasteiger partial charge in [-0.15, -0.1) is 0 Å². The fourth-order valence-electron chi connectivity index (χ4n) is 2.50. The molecule has 1 heterocycles. The van der Waals surface area contributed by atoms with Crippen LogP contribution in [0.1, 0.15) is 0 Å². The number of rotatable bonds is 3. The first-order chi connectivity index (χ1) is 11.1. The highest BCUT2D eigenvalue weighted by Crippen LogP contribution is 2.33. The first kappa shape index (κ1) is 14.8. The van der Waals surface area contributed by atoms with Gasteiger partial charge in [-0.05, 0) is 30.3 Å². The lowest BCUT2D eigenvalue weighted by molar-refractivity contribution is 0.416. The molecular weight excluding hydrogens is 292 g/mol. The zero-order valence-corrected chi connectivity index (χ0v) is 12.9. The molecule has 0 aliphatic carbocycles. The molecule has 0 aliphatic heterocycles. The van der Waals surface area contributed by atoms with Gasteiger partial charge in [0.2, 0.25) is 5.43 Å². The van der Waals surface area contributed by atoms with Crippen molar-refractivity contribution in [3.8, 4) is 34.0 Å². The van der Waals surface area contributed by atoms with Gasteiger partial charge in [0.05, 0.1) is 18.5 Å². The molecule has 0 radical (unpaired) electrons. The van der Waals surface area contributed by atoms with Crippen molar-refractivity contribution in [1.82, 2.24) is 9.78 Å². The number of hydrogen-bond acceptors (Lipinski definition) is 4. The highest BCUT2D eigenvalue weighted by atomic mass is 16.5. The summed E-state index contributed by atoms with van der Waals surface area (Å²) in [5, 5.41) is 14.5. The van der Waals surface area contributed by atoms with Gasteiger partial charge in [-0.1, -0.05) is 24.3 Å². The first-order valence-electron chi connectivity index (χ1n) is 7.12. The lowest BCUT2D eigenvalue weighted by atomic mass is 10.1. The number of methoxy groups -OCH3 is 1. The third-order valence-corrected chi connectivity index (χ3v) is 3.65. The summed E-state index contributed by atoms with van der Waals surface area (Å²) >= 11 is 0. The molecule has 2 aromatic carbocycles. The van der Waals surface area contributed by atoms with Gasteiger partial charge in [-0.3, -0.25) is 9.48 Å². The van der Waals surface area contributed by atoms with Gasteiger partial charge in [0.25, 0.3) is 0 Å². The Morgan fingerprint density at radius 1 is 1.04 bits per heavy atom. The van der Waals surface area contributed by atoms with Crippen LogP contribution in [-0.4, -0.2) is 22.0 Å². The van der Waals surface area contributed by atoms with Crippen LogP contribution >= 0.6 is 0 Å². The van der Waals surface area contributed by atoms with Crippen molar-refractivity contribution in [1.29, 1.82) is 0 Å². The molecule has 1 aromatic heterocycles. The van der Waals surface area contributed by atoms with Gasteiger partial charge < -0.3 is 9.84 Å². The molecule has 0 amide bonds. The Hall–Kier alpha value is -3.08. The van der Waals surface area contributed by atoms with Crippen molar-refractivity contribution < 1.29 is 9.84 Å². The van der Waals surface area contributed by atoms with E-state index in [-0.39, 0.29) is 5.75 Å². The van der Waals surface area contributed by atoms with E-state index in [9.17, 15) is 9.90 Å². The third-order valence-electron chi connectivity index (χ3n) is 3.65. The Labute approximate surface area is 133 Å². The predicted octanol–water partition coefficient (Wildman–Crippen LogP) is 2.83. The fourth-order valence-corrected chi connectivity index (χ4v) is 2.50. The van der Waals surface area contributed by atoms with Crippen molar-refractivity contribution in [3.05, 3.63) is 64.8 Å². The van der Waals surface area contributed by atoms with Crippen LogP contribution in [0.15, 0.2) is 59.4 Å². The van der Waals surface area contributed by atoms with Gasteiger partial charge in [-0.2, -0.15) is 5.10 Å². The molecule has 1 N–H and O–H groups in total. The van der Waals surface area contributed by atoms with Crippen LogP contribution in [-0.2, 0) is 7.05 Å². The first-order valence-corrected chi connectivity index (χ1v) is 7.12. The average Bonchev–Trinajstić information content (AvgIpc) is 2.86. The normalized spacial score (nSPS) is 10.5. The smallest absolute Gasteiger partial charge is 0.220 e. The third kappa shape index (κ3) is 2.68. The van der Waals surface area contributed by atoms with E-state index in [1.54, 1.807) is 30.0 Å². The van der Waals surface area contributed by atoms with Crippen molar-refractivity contribution in [2.45, 2.75) is 0 Å². The number of hydrogen-bond donors (Lipinski definition) is 1. The fraction of sp³-hybridized carbons (Fsp3) is 0.111. The van der Waals surface area contributed by atoms with Crippen LogP contribution in [0, 0.1) is 0 Å². The second kappa shape index (κ2) is 5.96. The Balaban J connectivity index is 2.19. The number of aromatic hydroxyl groups is 1. The molecule has 0 atom stereocenters. The maximum absolute atomic E-state index is 11.8. The summed E-state index contributed by atoms with van der Waals surface area (Å²) in [6.45, 7) is 0. The maximum Gasteiger partial charge on any atom is 0.220 e. The van der Waals surface area contributed by atoms with Crippen molar-refractivity contribution in [2.75, 3.05) is 7.11 Å². The molecule has 3 rings (SSSR count). The van der Waals surface area contributed by atoms with E-state index in [1.807, 2.05) is 37.4 Å². The zero-order valence-electron chi connectivity index (χ0n) is 12.9. The summed E-state index contributed by atoms with van der Waals surface area (Å²) in [4.78, 5) is 11.8. The summed E-state index contributed by atoms with van der Waals surface area (Å²) in [6.07, 6.45) is 0. The van der Waals surface area contributed by atoms with Crippen molar-refractivity contribution in [2.24, 2.45) is 7.05 Å². The molecule has 0 bridgehead atoms. The zero-order chi connectivity index (χ0) is 16.4. The van der Waals surface area contributed by atoms with Crippen molar-refractivity contribution in [3.63, 3.8) is 0 Å². The van der Waals surface area contributed by atoms with E-state index in [0.29, 0.717) is 11.3 Å². The van der Waals surface area contributed by atoms with Gasteiger partial charge >= 0.3 is 0 Å². The summed E-state index contributed by atoms with van der Waals surface area (Å²) in [5.41, 5.74) is 2.21. The van der Waals surface area contributed by atoms with Gasteiger partial charge in [-0.25, -0.2) is 0 Å². The van der Waals surface area contributed by atoms with Crippen molar-refractivity contribution >= 4 is 0 Å². The molecule has 0 fully saturated rings. The molecule has 5 nitrogen and oxygen atoms in total. The molecule has 5 heteroatoms. The lowest BCUT2D eigenvalue weighted by Gasteiger charge is -2.07. The van der Waals surface area contributed by atoms with Crippen LogP contribution in [0.3, 0.4) is 0 Å². The minimum absolute atomic E-state index is 0.306. The number of nitrogens with zero attached hydrogens (tertiary/aromatic N) is 2. The van der Waals surface area contributed by atoms with E-state index >= 15 is 0 Å². The largest absolute Gasteiger partial charge is 0.504 e. The monoisotopic (exact) mass is 308 g/mol. The minimum atomic E-state index is -0.436. The van der Waals surface area contributed by atoms with Crippen LogP contribution < -0.4 is 10.2 Å². The van der Waals surface area contributed by atoms with Crippen LogP contribution in [0.2, 0.25) is 0 Å². The number of para-hydroxylation sites is 1. The van der Waals surface area contributed by atoms with Gasteiger partial charge in [0.15, 0.2) is 5.75 Å². The minimum Gasteiger partial charge on any atom is -0.504 e. The van der Waals surface area contributed by atoms with Gasteiger partial charge in [0, 0.05) is 18.2 Å².